The van der Waals surface area contributed by atoms with E-state index >= 15 is 0 Å². The van der Waals surface area contributed by atoms with Crippen LogP contribution in [-0.2, 0) is 13.1 Å². The number of rotatable bonds is 5. The quantitative estimate of drug-likeness (QED) is 0.857. The van der Waals surface area contributed by atoms with Crippen LogP contribution in [0.5, 0.6) is 0 Å². The molecule has 0 aliphatic carbocycles. The summed E-state index contributed by atoms with van der Waals surface area (Å²) >= 11 is 1.68. The molecule has 2 nitrogen and oxygen atoms in total. The van der Waals surface area contributed by atoms with Gasteiger partial charge >= 0.3 is 0 Å². The van der Waals surface area contributed by atoms with Crippen LogP contribution in [-0.4, -0.2) is 23.7 Å². The second-order valence-corrected chi connectivity index (χ2v) is 5.83. The van der Waals surface area contributed by atoms with Gasteiger partial charge in [-0.05, 0) is 36.2 Å². The molecule has 0 atom stereocenters. The standard InChI is InChI=1S/C17H18FNOS/c1-19(12-14-5-7-16(18)8-6-14)13-17-15(9-11-21-17)4-2-3-10-20/h5-9,11,20H,3,10,12-13H2,1H3. The van der Waals surface area contributed by atoms with E-state index in [-0.39, 0.29) is 12.4 Å². The lowest BCUT2D eigenvalue weighted by molar-refractivity contribution is 0.305. The van der Waals surface area contributed by atoms with Gasteiger partial charge in [0.1, 0.15) is 5.82 Å². The average molecular weight is 303 g/mol. The normalized spacial score (nSPS) is 10.5. The van der Waals surface area contributed by atoms with Crippen LogP contribution in [0.25, 0.3) is 0 Å². The Morgan fingerprint density at radius 3 is 2.67 bits per heavy atom. The minimum atomic E-state index is -0.207. The molecule has 110 valence electrons. The van der Waals surface area contributed by atoms with Gasteiger partial charge in [-0.2, -0.15) is 0 Å². The molecule has 0 bridgehead atoms. The Morgan fingerprint density at radius 2 is 1.95 bits per heavy atom. The molecule has 21 heavy (non-hydrogen) atoms. The molecule has 0 aliphatic rings. The van der Waals surface area contributed by atoms with Gasteiger partial charge in [-0.3, -0.25) is 4.90 Å². The van der Waals surface area contributed by atoms with Crippen LogP contribution in [0.2, 0.25) is 0 Å². The first-order valence-corrected chi connectivity index (χ1v) is 7.66. The van der Waals surface area contributed by atoms with Gasteiger partial charge in [0.15, 0.2) is 0 Å². The second-order valence-electron chi connectivity index (χ2n) is 4.83. The lowest BCUT2D eigenvalue weighted by Crippen LogP contribution is -2.17. The van der Waals surface area contributed by atoms with Crippen molar-refractivity contribution in [2.24, 2.45) is 0 Å². The molecule has 1 heterocycles. The Labute approximate surface area is 128 Å². The van der Waals surface area contributed by atoms with E-state index in [9.17, 15) is 4.39 Å². The van der Waals surface area contributed by atoms with Crippen molar-refractivity contribution in [2.45, 2.75) is 19.5 Å². The minimum Gasteiger partial charge on any atom is -0.395 e. The van der Waals surface area contributed by atoms with Crippen molar-refractivity contribution in [1.82, 2.24) is 4.90 Å². The molecule has 0 saturated carbocycles. The van der Waals surface area contributed by atoms with Gasteiger partial charge in [-0.15, -0.1) is 11.3 Å². The molecule has 0 aliphatic heterocycles. The zero-order valence-corrected chi connectivity index (χ0v) is 12.8. The smallest absolute Gasteiger partial charge is 0.123 e. The third kappa shape index (κ3) is 4.98. The second kappa shape index (κ2) is 7.94. The molecular formula is C17H18FNOS. The summed E-state index contributed by atoms with van der Waals surface area (Å²) in [6.07, 6.45) is 0.501. The maximum atomic E-state index is 12.9. The molecule has 0 spiro atoms. The first-order valence-electron chi connectivity index (χ1n) is 6.78. The molecule has 4 heteroatoms. The van der Waals surface area contributed by atoms with Crippen LogP contribution in [0.1, 0.15) is 22.4 Å². The van der Waals surface area contributed by atoms with Crippen molar-refractivity contribution in [1.29, 1.82) is 0 Å². The van der Waals surface area contributed by atoms with E-state index in [1.807, 2.05) is 30.6 Å². The molecule has 0 unspecified atom stereocenters. The minimum absolute atomic E-state index is 0.0942. The fraction of sp³-hybridized carbons (Fsp3) is 0.294. The van der Waals surface area contributed by atoms with E-state index in [0.29, 0.717) is 6.42 Å². The number of nitrogens with zero attached hydrogens (tertiary/aromatic N) is 1. The summed E-state index contributed by atoms with van der Waals surface area (Å²) in [4.78, 5) is 3.39. The fourth-order valence-corrected chi connectivity index (χ4v) is 2.90. The Kier molecular flexibility index (Phi) is 5.94. The Hall–Kier alpha value is -1.67. The number of benzene rings is 1. The van der Waals surface area contributed by atoms with Crippen molar-refractivity contribution in [3.8, 4) is 11.8 Å². The number of hydrogen-bond donors (Lipinski definition) is 1. The predicted molar refractivity (Wildman–Crippen MR) is 84.5 cm³/mol. The van der Waals surface area contributed by atoms with E-state index in [1.54, 1.807) is 11.3 Å². The van der Waals surface area contributed by atoms with Gasteiger partial charge in [0.25, 0.3) is 0 Å². The molecule has 1 N–H and O–H groups in total. The Morgan fingerprint density at radius 1 is 1.19 bits per heavy atom. The third-order valence-electron chi connectivity index (χ3n) is 2.98. The summed E-state index contributed by atoms with van der Waals surface area (Å²) in [5.74, 6) is 5.84. The monoisotopic (exact) mass is 303 g/mol. The largest absolute Gasteiger partial charge is 0.395 e. The molecule has 0 fully saturated rings. The Bertz CT molecular complexity index is 624. The van der Waals surface area contributed by atoms with Crippen LogP contribution in [0.15, 0.2) is 35.7 Å². The van der Waals surface area contributed by atoms with Gasteiger partial charge in [0.2, 0.25) is 0 Å². The maximum Gasteiger partial charge on any atom is 0.123 e. The molecule has 0 radical (unpaired) electrons. The molecule has 0 saturated heterocycles. The van der Waals surface area contributed by atoms with Crippen molar-refractivity contribution in [3.63, 3.8) is 0 Å². The first kappa shape index (κ1) is 15.7. The summed E-state index contributed by atoms with van der Waals surface area (Å²) in [5, 5.41) is 10.8. The lowest BCUT2D eigenvalue weighted by Gasteiger charge is -2.16. The van der Waals surface area contributed by atoms with Gasteiger partial charge < -0.3 is 5.11 Å². The summed E-state index contributed by atoms with van der Waals surface area (Å²) in [5.41, 5.74) is 2.11. The van der Waals surface area contributed by atoms with Crippen molar-refractivity contribution in [3.05, 3.63) is 57.5 Å². The van der Waals surface area contributed by atoms with E-state index in [2.05, 4.69) is 16.7 Å². The van der Waals surface area contributed by atoms with Crippen LogP contribution in [0.4, 0.5) is 4.39 Å². The zero-order chi connectivity index (χ0) is 15.1. The summed E-state index contributed by atoms with van der Waals surface area (Å²) < 4.78 is 12.9. The molecule has 2 aromatic rings. The van der Waals surface area contributed by atoms with Gasteiger partial charge in [-0.25, -0.2) is 4.39 Å². The highest BCUT2D eigenvalue weighted by atomic mass is 32.1. The summed E-state index contributed by atoms with van der Waals surface area (Å²) in [6.45, 7) is 1.66. The Balaban J connectivity index is 1.97. The molecule has 2 rings (SSSR count). The molecule has 1 aromatic carbocycles. The van der Waals surface area contributed by atoms with Crippen molar-refractivity contribution in [2.75, 3.05) is 13.7 Å². The highest BCUT2D eigenvalue weighted by Crippen LogP contribution is 2.18. The fourth-order valence-electron chi connectivity index (χ4n) is 1.99. The van der Waals surface area contributed by atoms with Crippen LogP contribution in [0, 0.1) is 17.7 Å². The maximum absolute atomic E-state index is 12.9. The highest BCUT2D eigenvalue weighted by Gasteiger charge is 2.07. The van der Waals surface area contributed by atoms with Gasteiger partial charge in [-0.1, -0.05) is 24.0 Å². The topological polar surface area (TPSA) is 23.5 Å². The van der Waals surface area contributed by atoms with Crippen LogP contribution < -0.4 is 0 Å². The predicted octanol–water partition coefficient (Wildman–Crippen LogP) is 3.25. The van der Waals surface area contributed by atoms with Gasteiger partial charge in [0.05, 0.1) is 6.61 Å². The van der Waals surface area contributed by atoms with Gasteiger partial charge in [0, 0.05) is 30.0 Å². The number of hydrogen-bond acceptors (Lipinski definition) is 3. The van der Waals surface area contributed by atoms with E-state index in [1.165, 1.54) is 17.0 Å². The first-order chi connectivity index (χ1) is 10.2. The number of thiophene rings is 1. The number of aliphatic hydroxyl groups excluding tert-OH is 1. The van der Waals surface area contributed by atoms with E-state index in [4.69, 9.17) is 5.11 Å². The number of aliphatic hydroxyl groups is 1. The van der Waals surface area contributed by atoms with E-state index < -0.39 is 0 Å². The van der Waals surface area contributed by atoms with Crippen molar-refractivity contribution >= 4 is 11.3 Å². The van der Waals surface area contributed by atoms with Crippen LogP contribution in [0.3, 0.4) is 0 Å². The van der Waals surface area contributed by atoms with Crippen LogP contribution >= 0.6 is 11.3 Å². The summed E-state index contributed by atoms with van der Waals surface area (Å²) in [7, 11) is 2.04. The zero-order valence-electron chi connectivity index (χ0n) is 12.0. The SMILES string of the molecule is CN(Cc1ccc(F)cc1)Cc1sccc1C#CCCO. The van der Waals surface area contributed by atoms with E-state index in [0.717, 1.165) is 24.2 Å². The third-order valence-corrected chi connectivity index (χ3v) is 3.89. The average Bonchev–Trinajstić information content (AvgIpc) is 2.89. The summed E-state index contributed by atoms with van der Waals surface area (Å²) in [6, 6.07) is 8.60. The van der Waals surface area contributed by atoms with Crippen molar-refractivity contribution < 1.29 is 9.50 Å². The molecule has 1 aromatic heterocycles. The number of halogens is 1. The highest BCUT2D eigenvalue weighted by molar-refractivity contribution is 7.10. The molecule has 0 amide bonds. The molecular weight excluding hydrogens is 285 g/mol. The lowest BCUT2D eigenvalue weighted by atomic mass is 10.2.